The summed E-state index contributed by atoms with van der Waals surface area (Å²) in [6.07, 6.45) is 2.97. The van der Waals surface area contributed by atoms with Gasteiger partial charge in [0.2, 0.25) is 0 Å². The van der Waals surface area contributed by atoms with E-state index >= 15 is 0 Å². The highest BCUT2D eigenvalue weighted by Gasteiger charge is 2.22. The number of aromatic carboxylic acids is 1. The van der Waals surface area contributed by atoms with Crippen LogP contribution in [0.3, 0.4) is 0 Å². The molecule has 0 aliphatic heterocycles. The number of carboxylic acids is 1. The van der Waals surface area contributed by atoms with Crippen LogP contribution in [0.1, 0.15) is 26.4 Å². The first-order chi connectivity index (χ1) is 12.3. The highest BCUT2D eigenvalue weighted by atomic mass is 79.9. The maximum atomic E-state index is 13.0. The zero-order valence-electron chi connectivity index (χ0n) is 13.5. The lowest BCUT2D eigenvalue weighted by molar-refractivity contribution is 0.0685. The Morgan fingerprint density at radius 1 is 1.23 bits per heavy atom. The van der Waals surface area contributed by atoms with Crippen LogP contribution >= 0.6 is 15.9 Å². The summed E-state index contributed by atoms with van der Waals surface area (Å²) in [5.74, 6) is -2.02. The molecule has 3 aromatic rings. The van der Waals surface area contributed by atoms with Crippen molar-refractivity contribution in [3.8, 4) is 0 Å². The number of carboxylic acid groups (broad SMARTS) is 1. The van der Waals surface area contributed by atoms with E-state index in [4.69, 9.17) is 5.11 Å². The molecule has 0 radical (unpaired) electrons. The van der Waals surface area contributed by atoms with E-state index in [0.29, 0.717) is 11.0 Å². The molecule has 2 aromatic heterocycles. The number of hydrogen-bond donors (Lipinski definition) is 2. The van der Waals surface area contributed by atoms with E-state index in [-0.39, 0.29) is 22.9 Å². The minimum absolute atomic E-state index is 0.0695. The van der Waals surface area contributed by atoms with Crippen LogP contribution in [0.25, 0.3) is 0 Å². The van der Waals surface area contributed by atoms with Crippen LogP contribution in [0.15, 0.2) is 41.1 Å². The van der Waals surface area contributed by atoms with E-state index in [2.05, 4.69) is 31.4 Å². The number of halogens is 2. The van der Waals surface area contributed by atoms with Crippen LogP contribution < -0.4 is 5.32 Å². The number of amides is 1. The topological polar surface area (TPSA) is 102 Å². The third-order valence-electron chi connectivity index (χ3n) is 3.48. The average Bonchev–Trinajstić information content (AvgIpc) is 3.13. The summed E-state index contributed by atoms with van der Waals surface area (Å²) >= 11 is 3.30. The monoisotopic (exact) mass is 421 g/mol. The molecule has 3 rings (SSSR count). The number of nitrogens with zero attached hydrogens (tertiary/aromatic N) is 4. The van der Waals surface area contributed by atoms with Gasteiger partial charge in [-0.15, -0.1) is 0 Å². The van der Waals surface area contributed by atoms with Crippen molar-refractivity contribution < 1.29 is 19.1 Å². The maximum absolute atomic E-state index is 13.0. The molecule has 0 unspecified atom stereocenters. The minimum atomic E-state index is -1.29. The molecule has 0 saturated carbocycles. The summed E-state index contributed by atoms with van der Waals surface area (Å²) in [7, 11) is 1.52. The summed E-state index contributed by atoms with van der Waals surface area (Å²) in [6.45, 7) is 0.377. The fraction of sp³-hybridized carbons (Fsp3) is 0.125. The fourth-order valence-corrected chi connectivity index (χ4v) is 2.74. The standard InChI is InChI=1S/C16H13BrFN5O3/c1-22-7-11(13(20-22)16(25)26)15(24)19-14-12(17)8-23(21-14)6-9-2-4-10(18)5-3-9/h2-5,7-8H,6H2,1H3,(H,25,26)(H,19,21,24). The second-order valence-corrected chi connectivity index (χ2v) is 6.33. The molecule has 0 saturated heterocycles. The Balaban J connectivity index is 1.78. The van der Waals surface area contributed by atoms with Crippen LogP contribution in [0.4, 0.5) is 10.2 Å². The SMILES string of the molecule is Cn1cc(C(=O)Nc2nn(Cc3ccc(F)cc3)cc2Br)c(C(=O)O)n1. The fourth-order valence-electron chi connectivity index (χ4n) is 2.33. The summed E-state index contributed by atoms with van der Waals surface area (Å²) in [5, 5.41) is 19.7. The highest BCUT2D eigenvalue weighted by Crippen LogP contribution is 2.22. The third-order valence-corrected chi connectivity index (χ3v) is 4.06. The van der Waals surface area contributed by atoms with E-state index in [1.54, 1.807) is 23.0 Å². The predicted molar refractivity (Wildman–Crippen MR) is 93.5 cm³/mol. The molecule has 0 spiro atoms. The number of nitrogens with one attached hydrogen (secondary N) is 1. The molecular weight excluding hydrogens is 409 g/mol. The molecule has 26 heavy (non-hydrogen) atoms. The van der Waals surface area contributed by atoms with Crippen molar-refractivity contribution in [2.45, 2.75) is 6.54 Å². The summed E-state index contributed by atoms with van der Waals surface area (Å²) in [6, 6.07) is 5.98. The van der Waals surface area contributed by atoms with Gasteiger partial charge in [-0.2, -0.15) is 10.2 Å². The molecule has 0 bridgehead atoms. The van der Waals surface area contributed by atoms with Gasteiger partial charge in [-0.1, -0.05) is 12.1 Å². The van der Waals surface area contributed by atoms with Gasteiger partial charge in [-0.3, -0.25) is 14.2 Å². The number of aromatic nitrogens is 4. The van der Waals surface area contributed by atoms with Crippen molar-refractivity contribution in [2.24, 2.45) is 7.05 Å². The van der Waals surface area contributed by atoms with Gasteiger partial charge >= 0.3 is 5.97 Å². The first-order valence-electron chi connectivity index (χ1n) is 7.39. The van der Waals surface area contributed by atoms with Crippen LogP contribution in [0.2, 0.25) is 0 Å². The van der Waals surface area contributed by atoms with Crippen molar-refractivity contribution >= 4 is 33.6 Å². The first-order valence-corrected chi connectivity index (χ1v) is 8.18. The molecule has 1 amide bonds. The summed E-state index contributed by atoms with van der Waals surface area (Å²) < 4.78 is 16.3. The van der Waals surface area contributed by atoms with Crippen LogP contribution in [0.5, 0.6) is 0 Å². The van der Waals surface area contributed by atoms with Gasteiger partial charge in [-0.25, -0.2) is 9.18 Å². The molecule has 2 heterocycles. The van der Waals surface area contributed by atoms with Gasteiger partial charge in [0.15, 0.2) is 11.5 Å². The number of carbonyl (C=O) groups excluding carboxylic acids is 1. The van der Waals surface area contributed by atoms with Crippen molar-refractivity contribution in [3.05, 3.63) is 63.8 Å². The molecule has 0 fully saturated rings. The van der Waals surface area contributed by atoms with Crippen molar-refractivity contribution in [2.75, 3.05) is 5.32 Å². The van der Waals surface area contributed by atoms with Crippen molar-refractivity contribution in [1.82, 2.24) is 19.6 Å². The zero-order valence-corrected chi connectivity index (χ0v) is 15.1. The smallest absolute Gasteiger partial charge is 0.357 e. The summed E-state index contributed by atoms with van der Waals surface area (Å²) in [4.78, 5) is 23.5. The van der Waals surface area contributed by atoms with Crippen molar-refractivity contribution in [1.29, 1.82) is 0 Å². The lowest BCUT2D eigenvalue weighted by Crippen LogP contribution is -2.16. The number of anilines is 1. The second-order valence-electron chi connectivity index (χ2n) is 5.47. The number of rotatable bonds is 5. The Hall–Kier alpha value is -3.01. The Morgan fingerprint density at radius 2 is 1.92 bits per heavy atom. The predicted octanol–water partition coefficient (Wildman–Crippen LogP) is 2.52. The molecule has 1 aromatic carbocycles. The minimum Gasteiger partial charge on any atom is -0.476 e. The lowest BCUT2D eigenvalue weighted by atomic mass is 10.2. The van der Waals surface area contributed by atoms with Gasteiger partial charge in [0.1, 0.15) is 5.82 Å². The normalized spacial score (nSPS) is 10.7. The largest absolute Gasteiger partial charge is 0.476 e. The van der Waals surface area contributed by atoms with E-state index in [0.717, 1.165) is 5.56 Å². The average molecular weight is 422 g/mol. The van der Waals surface area contributed by atoms with Gasteiger partial charge in [-0.05, 0) is 33.6 Å². The van der Waals surface area contributed by atoms with E-state index in [1.807, 2.05) is 0 Å². The Labute approximate surface area is 155 Å². The Morgan fingerprint density at radius 3 is 2.58 bits per heavy atom. The third kappa shape index (κ3) is 3.80. The molecule has 0 atom stereocenters. The molecule has 8 nitrogen and oxygen atoms in total. The first kappa shape index (κ1) is 17.8. The summed E-state index contributed by atoms with van der Waals surface area (Å²) in [5.41, 5.74) is 0.423. The van der Waals surface area contributed by atoms with Gasteiger partial charge < -0.3 is 10.4 Å². The Kier molecular flexibility index (Phi) is 4.85. The van der Waals surface area contributed by atoms with Crippen molar-refractivity contribution in [3.63, 3.8) is 0 Å². The Bertz CT molecular complexity index is 980. The zero-order chi connectivity index (χ0) is 18.8. The number of aryl methyl sites for hydroxylation is 1. The second kappa shape index (κ2) is 7.08. The molecule has 0 aliphatic carbocycles. The van der Waals surface area contributed by atoms with Gasteiger partial charge in [0.05, 0.1) is 16.6 Å². The quantitative estimate of drug-likeness (QED) is 0.658. The number of carbonyl (C=O) groups is 2. The van der Waals surface area contributed by atoms with E-state index in [9.17, 15) is 14.0 Å². The number of benzene rings is 1. The maximum Gasteiger partial charge on any atom is 0.357 e. The molecule has 0 aliphatic rings. The van der Waals surface area contributed by atoms with Gasteiger partial charge in [0, 0.05) is 19.4 Å². The lowest BCUT2D eigenvalue weighted by Gasteiger charge is -2.03. The van der Waals surface area contributed by atoms with E-state index in [1.165, 1.54) is 30.1 Å². The van der Waals surface area contributed by atoms with Crippen LogP contribution in [0, 0.1) is 5.82 Å². The molecule has 10 heteroatoms. The molecule has 2 N–H and O–H groups in total. The molecular formula is C16H13BrFN5O3. The van der Waals surface area contributed by atoms with Crippen LogP contribution in [-0.2, 0) is 13.6 Å². The molecule has 134 valence electrons. The van der Waals surface area contributed by atoms with E-state index < -0.39 is 11.9 Å². The number of hydrogen-bond acceptors (Lipinski definition) is 4. The highest BCUT2D eigenvalue weighted by molar-refractivity contribution is 9.10. The van der Waals surface area contributed by atoms with Gasteiger partial charge in [0.25, 0.3) is 5.91 Å². The van der Waals surface area contributed by atoms with Crippen LogP contribution in [-0.4, -0.2) is 36.5 Å².